The average molecular weight is 359 g/mol. The lowest BCUT2D eigenvalue weighted by atomic mass is 9.92. The van der Waals surface area contributed by atoms with Crippen LogP contribution in [0.2, 0.25) is 0 Å². The molecule has 2 amide bonds. The Kier molecular flexibility index (Phi) is 3.71. The molecule has 26 heavy (non-hydrogen) atoms. The molecular formula is C18H18FN3O4. The summed E-state index contributed by atoms with van der Waals surface area (Å²) in [5.41, 5.74) is -0.901. The number of ether oxygens (including phenoxy) is 1. The van der Waals surface area contributed by atoms with Gasteiger partial charge in [-0.2, -0.15) is 0 Å². The van der Waals surface area contributed by atoms with E-state index in [-0.39, 0.29) is 35.2 Å². The fourth-order valence-electron chi connectivity index (χ4n) is 3.76. The van der Waals surface area contributed by atoms with Gasteiger partial charge in [0.05, 0.1) is 11.1 Å². The van der Waals surface area contributed by atoms with Crippen LogP contribution in [0.1, 0.15) is 23.8 Å². The van der Waals surface area contributed by atoms with E-state index in [4.69, 9.17) is 4.74 Å². The first-order valence-corrected chi connectivity index (χ1v) is 8.50. The third-order valence-corrected chi connectivity index (χ3v) is 5.33. The van der Waals surface area contributed by atoms with Crippen LogP contribution in [0, 0.1) is 5.82 Å². The SMILES string of the molecule is CCC12COC(=O)N1CCN(C(=O)c1cc(=O)c3cccc(F)c3[nH]1)C2. The van der Waals surface area contributed by atoms with Crippen LogP contribution < -0.4 is 5.43 Å². The molecule has 1 aromatic heterocycles. The van der Waals surface area contributed by atoms with Crippen molar-refractivity contribution in [1.29, 1.82) is 0 Å². The molecule has 4 rings (SSSR count). The van der Waals surface area contributed by atoms with Gasteiger partial charge in [0.25, 0.3) is 5.91 Å². The van der Waals surface area contributed by atoms with Gasteiger partial charge in [-0.15, -0.1) is 0 Å². The summed E-state index contributed by atoms with van der Waals surface area (Å²) >= 11 is 0. The van der Waals surface area contributed by atoms with E-state index >= 15 is 0 Å². The number of hydrogen-bond acceptors (Lipinski definition) is 4. The molecule has 1 unspecified atom stereocenters. The molecule has 0 saturated carbocycles. The van der Waals surface area contributed by atoms with E-state index < -0.39 is 16.8 Å². The van der Waals surface area contributed by atoms with Crippen molar-refractivity contribution < 1.29 is 18.7 Å². The first kappa shape index (κ1) is 16.6. The van der Waals surface area contributed by atoms with Crippen LogP contribution in [-0.4, -0.2) is 58.6 Å². The third kappa shape index (κ3) is 2.36. The van der Waals surface area contributed by atoms with Gasteiger partial charge in [0.2, 0.25) is 0 Å². The van der Waals surface area contributed by atoms with Crippen LogP contribution in [0.4, 0.5) is 9.18 Å². The Morgan fingerprint density at radius 1 is 1.35 bits per heavy atom. The molecule has 1 N–H and O–H groups in total. The van der Waals surface area contributed by atoms with E-state index in [0.717, 1.165) is 0 Å². The number of pyridine rings is 1. The number of H-pyrrole nitrogens is 1. The number of carbonyl (C=O) groups excluding carboxylic acids is 2. The molecular weight excluding hydrogens is 341 g/mol. The van der Waals surface area contributed by atoms with E-state index in [1.807, 2.05) is 6.92 Å². The largest absolute Gasteiger partial charge is 0.447 e. The van der Waals surface area contributed by atoms with E-state index in [0.29, 0.717) is 26.1 Å². The number of piperazine rings is 1. The van der Waals surface area contributed by atoms with Crippen molar-refractivity contribution in [1.82, 2.24) is 14.8 Å². The van der Waals surface area contributed by atoms with Gasteiger partial charge in [-0.3, -0.25) is 14.5 Å². The summed E-state index contributed by atoms with van der Waals surface area (Å²) in [6, 6.07) is 5.40. The quantitative estimate of drug-likeness (QED) is 0.885. The van der Waals surface area contributed by atoms with Crippen LogP contribution in [0.3, 0.4) is 0 Å². The fourth-order valence-corrected chi connectivity index (χ4v) is 3.76. The highest BCUT2D eigenvalue weighted by atomic mass is 19.1. The zero-order valence-corrected chi connectivity index (χ0v) is 14.3. The lowest BCUT2D eigenvalue weighted by molar-refractivity contribution is 0.0357. The second-order valence-electron chi connectivity index (χ2n) is 6.72. The standard InChI is InChI=1S/C18H18FN3O4/c1-2-18-9-21(6-7-22(18)17(25)26-10-18)16(24)13-8-14(23)11-4-3-5-12(19)15(11)20-13/h3-5,8H,2,6-7,9-10H2,1H3,(H,20,23). The molecule has 2 fully saturated rings. The van der Waals surface area contributed by atoms with E-state index in [2.05, 4.69) is 4.98 Å². The Balaban J connectivity index is 1.68. The van der Waals surface area contributed by atoms with Crippen LogP contribution in [-0.2, 0) is 4.74 Å². The predicted molar refractivity (Wildman–Crippen MR) is 91.5 cm³/mol. The summed E-state index contributed by atoms with van der Waals surface area (Å²) in [4.78, 5) is 43.0. The summed E-state index contributed by atoms with van der Waals surface area (Å²) in [5.74, 6) is -0.974. The van der Waals surface area contributed by atoms with Gasteiger partial charge < -0.3 is 14.6 Å². The van der Waals surface area contributed by atoms with Crippen molar-refractivity contribution in [3.63, 3.8) is 0 Å². The Bertz CT molecular complexity index is 973. The van der Waals surface area contributed by atoms with Gasteiger partial charge in [0, 0.05) is 31.1 Å². The van der Waals surface area contributed by atoms with Gasteiger partial charge in [0.1, 0.15) is 18.1 Å². The van der Waals surface area contributed by atoms with Crippen molar-refractivity contribution in [2.45, 2.75) is 18.9 Å². The van der Waals surface area contributed by atoms with E-state index in [1.54, 1.807) is 9.80 Å². The molecule has 136 valence electrons. The highest BCUT2D eigenvalue weighted by Crippen LogP contribution is 2.32. The molecule has 2 aliphatic heterocycles. The normalized spacial score (nSPS) is 22.5. The molecule has 3 heterocycles. The van der Waals surface area contributed by atoms with Gasteiger partial charge in [-0.05, 0) is 18.6 Å². The van der Waals surface area contributed by atoms with Crippen LogP contribution >= 0.6 is 0 Å². The Morgan fingerprint density at radius 3 is 2.92 bits per heavy atom. The summed E-state index contributed by atoms with van der Waals surface area (Å²) in [6.45, 7) is 3.17. The lowest BCUT2D eigenvalue weighted by Gasteiger charge is -2.44. The summed E-state index contributed by atoms with van der Waals surface area (Å²) in [7, 11) is 0. The smallest absolute Gasteiger partial charge is 0.410 e. The molecule has 2 saturated heterocycles. The Hall–Kier alpha value is -2.90. The average Bonchev–Trinajstić information content (AvgIpc) is 2.98. The molecule has 2 aliphatic rings. The maximum absolute atomic E-state index is 14.0. The number of amides is 2. The fraction of sp³-hybridized carbons (Fsp3) is 0.389. The van der Waals surface area contributed by atoms with Crippen LogP contribution in [0.25, 0.3) is 10.9 Å². The first-order valence-electron chi connectivity index (χ1n) is 8.50. The summed E-state index contributed by atoms with van der Waals surface area (Å²) in [6.07, 6.45) is 0.283. The van der Waals surface area contributed by atoms with Crippen molar-refractivity contribution in [2.24, 2.45) is 0 Å². The molecule has 0 spiro atoms. The number of benzene rings is 1. The lowest BCUT2D eigenvalue weighted by Crippen LogP contribution is -2.62. The molecule has 0 aliphatic carbocycles. The highest BCUT2D eigenvalue weighted by Gasteiger charge is 2.50. The monoisotopic (exact) mass is 359 g/mol. The minimum atomic E-state index is -0.584. The zero-order chi connectivity index (χ0) is 18.5. The number of halogens is 1. The van der Waals surface area contributed by atoms with Crippen molar-refractivity contribution in [3.8, 4) is 0 Å². The minimum Gasteiger partial charge on any atom is -0.447 e. The highest BCUT2D eigenvalue weighted by molar-refractivity contribution is 5.95. The number of nitrogens with zero attached hydrogens (tertiary/aromatic N) is 2. The van der Waals surface area contributed by atoms with Gasteiger partial charge in [0.15, 0.2) is 5.43 Å². The number of fused-ring (bicyclic) bond motifs is 2. The summed E-state index contributed by atoms with van der Waals surface area (Å²) in [5, 5.41) is 0.200. The topological polar surface area (TPSA) is 82.7 Å². The van der Waals surface area contributed by atoms with Crippen LogP contribution in [0.5, 0.6) is 0 Å². The molecule has 0 bridgehead atoms. The predicted octanol–water partition coefficient (Wildman–Crippen LogP) is 1.72. The third-order valence-electron chi connectivity index (χ3n) is 5.33. The maximum Gasteiger partial charge on any atom is 0.410 e. The van der Waals surface area contributed by atoms with Crippen molar-refractivity contribution >= 4 is 22.9 Å². The van der Waals surface area contributed by atoms with Gasteiger partial charge in [-0.1, -0.05) is 13.0 Å². The maximum atomic E-state index is 14.0. The first-order chi connectivity index (χ1) is 12.4. The molecule has 1 aromatic carbocycles. The van der Waals surface area contributed by atoms with Crippen LogP contribution in [0.15, 0.2) is 29.1 Å². The zero-order valence-electron chi connectivity index (χ0n) is 14.3. The molecule has 2 aromatic rings. The Morgan fingerprint density at radius 2 is 2.15 bits per heavy atom. The van der Waals surface area contributed by atoms with Crippen molar-refractivity contribution in [2.75, 3.05) is 26.2 Å². The number of nitrogens with one attached hydrogen (secondary N) is 1. The van der Waals surface area contributed by atoms with E-state index in [1.165, 1.54) is 24.3 Å². The number of carbonyl (C=O) groups is 2. The summed E-state index contributed by atoms with van der Waals surface area (Å²) < 4.78 is 19.2. The number of rotatable bonds is 2. The number of para-hydroxylation sites is 1. The van der Waals surface area contributed by atoms with Gasteiger partial charge in [-0.25, -0.2) is 9.18 Å². The molecule has 8 heteroatoms. The van der Waals surface area contributed by atoms with Crippen molar-refractivity contribution in [3.05, 3.63) is 46.0 Å². The minimum absolute atomic E-state index is 0.0200. The number of aromatic amines is 1. The second kappa shape index (κ2) is 5.82. The van der Waals surface area contributed by atoms with Gasteiger partial charge >= 0.3 is 6.09 Å². The number of cyclic esters (lactones) is 1. The van der Waals surface area contributed by atoms with E-state index in [9.17, 15) is 18.8 Å². The number of hydrogen-bond donors (Lipinski definition) is 1. The molecule has 0 radical (unpaired) electrons. The second-order valence-corrected chi connectivity index (χ2v) is 6.72. The molecule has 1 atom stereocenters. The molecule has 7 nitrogen and oxygen atoms in total. The Labute approximate surface area is 148 Å². The number of aromatic nitrogens is 1.